The van der Waals surface area contributed by atoms with Gasteiger partial charge in [-0.1, -0.05) is 24.3 Å². The first kappa shape index (κ1) is 17.2. The zero-order valence-corrected chi connectivity index (χ0v) is 13.3. The largest absolute Gasteiger partial charge is 0.350 e. The summed E-state index contributed by atoms with van der Waals surface area (Å²) < 4.78 is 0. The van der Waals surface area contributed by atoms with Crippen molar-refractivity contribution in [1.82, 2.24) is 10.6 Å². The Bertz CT molecular complexity index is 729. The van der Waals surface area contributed by atoms with Crippen LogP contribution in [0.25, 0.3) is 0 Å². The Morgan fingerprint density at radius 1 is 0.792 bits per heavy atom. The molecule has 0 radical (unpaired) electrons. The van der Waals surface area contributed by atoms with Crippen LogP contribution in [-0.2, 0) is 4.79 Å². The average molecular weight is 325 g/mol. The Balaban J connectivity index is 1.79. The van der Waals surface area contributed by atoms with Gasteiger partial charge in [-0.2, -0.15) is 0 Å². The Hall–Kier alpha value is -3.15. The van der Waals surface area contributed by atoms with Crippen molar-refractivity contribution in [3.63, 3.8) is 0 Å². The minimum Gasteiger partial charge on any atom is -0.350 e. The highest BCUT2D eigenvalue weighted by Gasteiger charge is 2.07. The van der Waals surface area contributed by atoms with E-state index in [9.17, 15) is 14.4 Å². The van der Waals surface area contributed by atoms with Crippen molar-refractivity contribution < 1.29 is 14.4 Å². The fraction of sp³-hybridized carbons (Fsp3) is 0.167. The van der Waals surface area contributed by atoms with Gasteiger partial charge in [0, 0.05) is 36.8 Å². The third kappa shape index (κ3) is 5.24. The molecule has 0 bridgehead atoms. The Morgan fingerprint density at radius 2 is 1.38 bits per heavy atom. The molecule has 0 heterocycles. The maximum atomic E-state index is 12.1. The van der Waals surface area contributed by atoms with E-state index in [2.05, 4.69) is 16.0 Å². The molecule has 0 fully saturated rings. The van der Waals surface area contributed by atoms with E-state index in [1.54, 1.807) is 48.5 Å². The first-order valence-electron chi connectivity index (χ1n) is 7.55. The van der Waals surface area contributed by atoms with E-state index in [4.69, 9.17) is 0 Å². The molecule has 0 spiro atoms. The molecular weight excluding hydrogens is 306 g/mol. The molecule has 3 amide bonds. The van der Waals surface area contributed by atoms with Crippen LogP contribution in [0.3, 0.4) is 0 Å². The molecule has 0 saturated heterocycles. The van der Waals surface area contributed by atoms with Gasteiger partial charge in [0.15, 0.2) is 0 Å². The summed E-state index contributed by atoms with van der Waals surface area (Å²) >= 11 is 0. The molecule has 0 aliphatic carbocycles. The molecule has 0 unspecified atom stereocenters. The molecule has 24 heavy (non-hydrogen) atoms. The third-order valence-electron chi connectivity index (χ3n) is 3.18. The van der Waals surface area contributed by atoms with E-state index < -0.39 is 0 Å². The first-order valence-corrected chi connectivity index (χ1v) is 7.55. The monoisotopic (exact) mass is 325 g/mol. The summed E-state index contributed by atoms with van der Waals surface area (Å²) in [5.41, 5.74) is 1.58. The van der Waals surface area contributed by atoms with Crippen molar-refractivity contribution >= 4 is 23.4 Å². The van der Waals surface area contributed by atoms with Gasteiger partial charge in [0.25, 0.3) is 11.8 Å². The van der Waals surface area contributed by atoms with Crippen LogP contribution in [0.1, 0.15) is 27.6 Å². The van der Waals surface area contributed by atoms with Crippen molar-refractivity contribution in [2.75, 3.05) is 18.4 Å². The topological polar surface area (TPSA) is 87.3 Å². The summed E-state index contributed by atoms with van der Waals surface area (Å²) in [5.74, 6) is -0.648. The van der Waals surface area contributed by atoms with E-state index in [0.717, 1.165) is 0 Å². The highest BCUT2D eigenvalue weighted by Crippen LogP contribution is 2.10. The van der Waals surface area contributed by atoms with Gasteiger partial charge in [0.1, 0.15) is 0 Å². The third-order valence-corrected chi connectivity index (χ3v) is 3.18. The van der Waals surface area contributed by atoms with E-state index in [-0.39, 0.29) is 17.7 Å². The Morgan fingerprint density at radius 3 is 2.00 bits per heavy atom. The van der Waals surface area contributed by atoms with Gasteiger partial charge < -0.3 is 16.0 Å². The van der Waals surface area contributed by atoms with Crippen LogP contribution >= 0.6 is 0 Å². The van der Waals surface area contributed by atoms with Crippen molar-refractivity contribution in [1.29, 1.82) is 0 Å². The minimum atomic E-state index is -0.267. The van der Waals surface area contributed by atoms with Crippen LogP contribution < -0.4 is 16.0 Å². The second-order valence-corrected chi connectivity index (χ2v) is 5.14. The molecular formula is C18H19N3O3. The molecule has 124 valence electrons. The summed E-state index contributed by atoms with van der Waals surface area (Å²) in [6.07, 6.45) is 0. The van der Waals surface area contributed by atoms with Crippen molar-refractivity contribution in [3.8, 4) is 0 Å². The smallest absolute Gasteiger partial charge is 0.251 e. The van der Waals surface area contributed by atoms with Gasteiger partial charge in [0.05, 0.1) is 0 Å². The molecule has 0 aliphatic rings. The summed E-state index contributed by atoms with van der Waals surface area (Å²) in [6, 6.07) is 15.5. The lowest BCUT2D eigenvalue weighted by atomic mass is 10.2. The predicted octanol–water partition coefficient (Wildman–Crippen LogP) is 1.80. The average Bonchev–Trinajstić information content (AvgIpc) is 2.58. The van der Waals surface area contributed by atoms with Crippen molar-refractivity contribution in [2.24, 2.45) is 0 Å². The SMILES string of the molecule is CC(=O)Nc1cccc(C(=O)NCCNC(=O)c2ccccc2)c1. The van der Waals surface area contributed by atoms with Gasteiger partial charge in [-0.25, -0.2) is 0 Å². The van der Waals surface area contributed by atoms with Crippen molar-refractivity contribution in [3.05, 3.63) is 65.7 Å². The molecule has 2 aromatic carbocycles. The minimum absolute atomic E-state index is 0.183. The first-order chi connectivity index (χ1) is 11.6. The number of anilines is 1. The summed E-state index contributed by atoms with van der Waals surface area (Å²) in [7, 11) is 0. The van der Waals surface area contributed by atoms with E-state index in [1.807, 2.05) is 6.07 Å². The highest BCUT2D eigenvalue weighted by atomic mass is 16.2. The lowest BCUT2D eigenvalue weighted by molar-refractivity contribution is -0.114. The zero-order valence-electron chi connectivity index (χ0n) is 13.3. The van der Waals surface area contributed by atoms with Gasteiger partial charge in [-0.3, -0.25) is 14.4 Å². The van der Waals surface area contributed by atoms with Crippen molar-refractivity contribution in [2.45, 2.75) is 6.92 Å². The summed E-state index contributed by atoms with van der Waals surface area (Å²) in [6.45, 7) is 2.04. The molecule has 0 atom stereocenters. The number of carbonyl (C=O) groups excluding carboxylic acids is 3. The number of nitrogens with one attached hydrogen (secondary N) is 3. The number of rotatable bonds is 6. The second kappa shape index (κ2) is 8.47. The van der Waals surface area contributed by atoms with E-state index >= 15 is 0 Å². The number of carbonyl (C=O) groups is 3. The second-order valence-electron chi connectivity index (χ2n) is 5.14. The standard InChI is InChI=1S/C18H19N3O3/c1-13(22)21-16-9-5-8-15(12-16)18(24)20-11-10-19-17(23)14-6-3-2-4-7-14/h2-9,12H,10-11H2,1H3,(H,19,23)(H,20,24)(H,21,22). The summed E-state index contributed by atoms with van der Waals surface area (Å²) in [4.78, 5) is 34.9. The van der Waals surface area contributed by atoms with Crippen LogP contribution in [0.15, 0.2) is 54.6 Å². The fourth-order valence-electron chi connectivity index (χ4n) is 2.09. The number of hydrogen-bond acceptors (Lipinski definition) is 3. The maximum absolute atomic E-state index is 12.1. The maximum Gasteiger partial charge on any atom is 0.251 e. The van der Waals surface area contributed by atoms with Crippen LogP contribution in [0.4, 0.5) is 5.69 Å². The molecule has 2 aromatic rings. The molecule has 6 nitrogen and oxygen atoms in total. The van der Waals surface area contributed by atoms with Crippen LogP contribution in [0, 0.1) is 0 Å². The predicted molar refractivity (Wildman–Crippen MR) is 91.9 cm³/mol. The normalized spacial score (nSPS) is 9.88. The Kier molecular flexibility index (Phi) is 6.08. The summed E-state index contributed by atoms with van der Waals surface area (Å²) in [5, 5.41) is 8.08. The lowest BCUT2D eigenvalue weighted by Crippen LogP contribution is -2.34. The van der Waals surface area contributed by atoms with Crippen LogP contribution in [0.5, 0.6) is 0 Å². The van der Waals surface area contributed by atoms with Gasteiger partial charge in [-0.05, 0) is 30.3 Å². The molecule has 3 N–H and O–H groups in total. The van der Waals surface area contributed by atoms with E-state index in [1.165, 1.54) is 6.92 Å². The van der Waals surface area contributed by atoms with Crippen LogP contribution in [0.2, 0.25) is 0 Å². The fourth-order valence-corrected chi connectivity index (χ4v) is 2.09. The van der Waals surface area contributed by atoms with E-state index in [0.29, 0.717) is 29.9 Å². The number of benzene rings is 2. The van der Waals surface area contributed by atoms with Gasteiger partial charge in [0.2, 0.25) is 5.91 Å². The molecule has 6 heteroatoms. The zero-order chi connectivity index (χ0) is 17.4. The van der Waals surface area contributed by atoms with Gasteiger partial charge >= 0.3 is 0 Å². The Labute approximate surface area is 140 Å². The molecule has 0 aliphatic heterocycles. The molecule has 0 saturated carbocycles. The lowest BCUT2D eigenvalue weighted by Gasteiger charge is -2.08. The highest BCUT2D eigenvalue weighted by molar-refractivity contribution is 5.97. The van der Waals surface area contributed by atoms with Gasteiger partial charge in [-0.15, -0.1) is 0 Å². The molecule has 2 rings (SSSR count). The van der Waals surface area contributed by atoms with Crippen LogP contribution in [-0.4, -0.2) is 30.8 Å². The number of amides is 3. The quantitative estimate of drug-likeness (QED) is 0.708. The molecule has 0 aromatic heterocycles. The number of hydrogen-bond donors (Lipinski definition) is 3.